The molecule has 0 spiro atoms. The van der Waals surface area contributed by atoms with Crippen LogP contribution in [0.25, 0.3) is 33.1 Å². The van der Waals surface area contributed by atoms with Crippen molar-refractivity contribution in [2.45, 2.75) is 167 Å². The van der Waals surface area contributed by atoms with E-state index < -0.39 is 35.2 Å². The standard InChI is InChI=1S/C26H38N4O6.C25H36N4O6.C21H30N4O4.ClH/c1-26(2,3)36-25(34)27(4)15-9-17-35-16-8-11-18-10-7-12-19-22(18)29(6)24(33)30(19)20-13-14-21(31)28(5)23(20)32;1-25(2,3)35-24(33)27(4)14-8-16-34-15-7-10-17-9-6-11-18-21(17)28(5)23(32)29(18)19-12-13-20(30)26-22(19)31;1-22-12-6-14-29-13-5-8-15-7-4-9-16-19(15)24(3)21(28)25(16)17-10-11-18(26)23(2)20(17)27;/h7,10,12,20H,8-9,11,13-17H2,1-6H3;6,9,11,19H,7-8,10,12-16H2,1-5H3,(H,26,30,31);4,7,9,17,22H,5-6,8,10-14H2,1-3H3;1H. The van der Waals surface area contributed by atoms with Gasteiger partial charge in [-0.05, 0) is 167 Å². The molecule has 3 aliphatic rings. The molecule has 0 saturated carbocycles. The summed E-state index contributed by atoms with van der Waals surface area (Å²) in [6, 6.07) is 15.2. The van der Waals surface area contributed by atoms with Crippen LogP contribution in [0, 0.1) is 0 Å². The fourth-order valence-corrected chi connectivity index (χ4v) is 12.7. The van der Waals surface area contributed by atoms with Crippen molar-refractivity contribution in [2.75, 3.05) is 94.5 Å². The van der Waals surface area contributed by atoms with E-state index >= 15 is 0 Å². The number of carbonyl (C=O) groups excluding carboxylic acids is 8. The summed E-state index contributed by atoms with van der Waals surface area (Å²) in [6.45, 7) is 16.6. The minimum absolute atomic E-state index is 0. The number of fused-ring (bicyclic) bond motifs is 3. The average Bonchev–Trinajstić information content (AvgIpc) is 1.62. The molecule has 3 unspecified atom stereocenters. The predicted molar refractivity (Wildman–Crippen MR) is 385 cm³/mol. The molecule has 3 aromatic carbocycles. The van der Waals surface area contributed by atoms with Crippen molar-refractivity contribution in [2.24, 2.45) is 21.1 Å². The molecule has 6 aromatic rings. The number of imide groups is 3. The summed E-state index contributed by atoms with van der Waals surface area (Å²) < 4.78 is 37.2. The number of aryl methyl sites for hydroxylation is 6. The largest absolute Gasteiger partial charge is 0.444 e. The van der Waals surface area contributed by atoms with Gasteiger partial charge in [-0.25, -0.2) is 24.0 Å². The number of imidazole rings is 3. The summed E-state index contributed by atoms with van der Waals surface area (Å²) in [5, 5.41) is 5.43. The average molecular weight is 1430 g/mol. The summed E-state index contributed by atoms with van der Waals surface area (Å²) in [5.74, 6) is -1.84. The maximum Gasteiger partial charge on any atom is 0.410 e. The highest BCUT2D eigenvalue weighted by atomic mass is 35.5. The zero-order chi connectivity index (χ0) is 73.3. The minimum Gasteiger partial charge on any atom is -0.444 e. The summed E-state index contributed by atoms with van der Waals surface area (Å²) in [6.07, 6.45) is 7.99. The number of rotatable bonds is 27. The van der Waals surface area contributed by atoms with E-state index in [9.17, 15) is 52.7 Å². The van der Waals surface area contributed by atoms with Gasteiger partial charge in [-0.15, -0.1) is 12.4 Å². The number of nitrogens with zero attached hydrogens (tertiary/aromatic N) is 10. The summed E-state index contributed by atoms with van der Waals surface area (Å²) >= 11 is 0. The number of benzene rings is 3. The van der Waals surface area contributed by atoms with Crippen LogP contribution in [0.4, 0.5) is 9.59 Å². The first-order valence-electron chi connectivity index (χ1n) is 34.7. The van der Waals surface area contributed by atoms with Crippen LogP contribution in [-0.2, 0) is 92.9 Å². The summed E-state index contributed by atoms with van der Waals surface area (Å²) in [4.78, 5) is 141. The molecule has 0 bridgehead atoms. The molecule has 6 heterocycles. The molecular formula is C72H105ClN12O16. The molecule has 3 fully saturated rings. The SMILES string of the molecule is CN(CCCOCCCc1cccc2c1n(C)c(=O)n2C1CCC(=O)N(C)C1=O)C(=O)OC(C)(C)C.CN(CCCOCCCc1cccc2c1n(C)c(=O)n2C1CCC(=O)NC1=O)C(=O)OC(C)(C)C.CNCCCOCCCc1cccc2c1n(C)c(=O)n2C1CCC(=O)N(C)C1=O.Cl. The predicted octanol–water partition coefficient (Wildman–Crippen LogP) is 7.03. The van der Waals surface area contributed by atoms with E-state index in [4.69, 9.17) is 23.7 Å². The van der Waals surface area contributed by atoms with Crippen molar-refractivity contribution in [3.8, 4) is 0 Å². The Morgan fingerprint density at radius 3 is 1.15 bits per heavy atom. The highest BCUT2D eigenvalue weighted by Gasteiger charge is 2.38. The molecule has 556 valence electrons. The molecule has 29 heteroatoms. The van der Waals surface area contributed by atoms with E-state index in [1.165, 1.54) is 23.2 Å². The lowest BCUT2D eigenvalue weighted by Crippen LogP contribution is -2.45. The molecular weight excluding hydrogens is 1320 g/mol. The molecule has 0 aliphatic carbocycles. The Balaban J connectivity index is 0.000000239. The van der Waals surface area contributed by atoms with Crippen LogP contribution in [0.3, 0.4) is 0 Å². The van der Waals surface area contributed by atoms with Gasteiger partial charge in [0.1, 0.15) is 29.3 Å². The van der Waals surface area contributed by atoms with Gasteiger partial charge in [0, 0.05) is 121 Å². The van der Waals surface area contributed by atoms with Gasteiger partial charge in [0.05, 0.1) is 33.1 Å². The Morgan fingerprint density at radius 1 is 0.485 bits per heavy atom. The number of carbonyl (C=O) groups is 8. The smallest absolute Gasteiger partial charge is 0.410 e. The van der Waals surface area contributed by atoms with Crippen LogP contribution >= 0.6 is 12.4 Å². The topological polar surface area (TPSA) is 301 Å². The van der Waals surface area contributed by atoms with Crippen LogP contribution in [-0.4, -0.2) is 200 Å². The van der Waals surface area contributed by atoms with E-state index in [0.717, 1.165) is 93.8 Å². The number of hydrogen-bond acceptors (Lipinski definition) is 17. The van der Waals surface area contributed by atoms with Crippen LogP contribution in [0.5, 0.6) is 0 Å². The number of ether oxygens (including phenoxy) is 5. The van der Waals surface area contributed by atoms with Crippen molar-refractivity contribution in [3.63, 3.8) is 0 Å². The first kappa shape index (κ1) is 81.5. The Kier molecular flexibility index (Phi) is 29.8. The van der Waals surface area contributed by atoms with Crippen LogP contribution in [0.15, 0.2) is 69.0 Å². The highest BCUT2D eigenvalue weighted by Crippen LogP contribution is 2.31. The molecule has 28 nitrogen and oxygen atoms in total. The number of halogens is 1. The lowest BCUT2D eigenvalue weighted by Gasteiger charge is -2.28. The molecule has 8 amide bonds. The second-order valence-corrected chi connectivity index (χ2v) is 27.8. The zero-order valence-corrected chi connectivity index (χ0v) is 62.1. The van der Waals surface area contributed by atoms with E-state index in [1.54, 1.807) is 63.3 Å². The number of para-hydroxylation sites is 3. The Bertz CT molecular complexity index is 4090. The van der Waals surface area contributed by atoms with Crippen molar-refractivity contribution in [1.29, 1.82) is 0 Å². The third kappa shape index (κ3) is 20.9. The van der Waals surface area contributed by atoms with Crippen molar-refractivity contribution < 1.29 is 62.0 Å². The number of hydrogen-bond donors (Lipinski definition) is 2. The van der Waals surface area contributed by atoms with Crippen LogP contribution in [0.2, 0.25) is 0 Å². The number of piperidine rings is 3. The second kappa shape index (κ2) is 36.9. The first-order valence-corrected chi connectivity index (χ1v) is 34.7. The molecule has 101 heavy (non-hydrogen) atoms. The maximum atomic E-state index is 13.1. The number of likely N-dealkylation sites (N-methyl/N-ethyl adjacent to an activating group) is 2. The van der Waals surface area contributed by atoms with Gasteiger partial charge < -0.3 is 38.8 Å². The van der Waals surface area contributed by atoms with Crippen molar-refractivity contribution >= 4 is 93.1 Å². The quantitative estimate of drug-likeness (QED) is 0.0386. The van der Waals surface area contributed by atoms with E-state index in [0.29, 0.717) is 102 Å². The van der Waals surface area contributed by atoms with Gasteiger partial charge in [0.2, 0.25) is 23.6 Å². The van der Waals surface area contributed by atoms with Crippen LogP contribution < -0.4 is 27.7 Å². The fourth-order valence-electron chi connectivity index (χ4n) is 12.7. The van der Waals surface area contributed by atoms with Gasteiger partial charge in [-0.3, -0.25) is 71.3 Å². The molecule has 9 rings (SSSR count). The third-order valence-corrected chi connectivity index (χ3v) is 17.8. The molecule has 3 aromatic heterocycles. The fraction of sp³-hybridized carbons (Fsp3) is 0.597. The third-order valence-electron chi connectivity index (χ3n) is 17.8. The van der Waals surface area contributed by atoms with E-state index in [1.807, 2.05) is 103 Å². The molecule has 0 radical (unpaired) electrons. The molecule has 2 N–H and O–H groups in total. The van der Waals surface area contributed by atoms with E-state index in [-0.39, 0.29) is 90.5 Å². The lowest BCUT2D eigenvalue weighted by atomic mass is 10.0. The lowest BCUT2D eigenvalue weighted by molar-refractivity contribution is -0.150. The Morgan fingerprint density at radius 2 is 0.812 bits per heavy atom. The highest BCUT2D eigenvalue weighted by molar-refractivity contribution is 6.02. The van der Waals surface area contributed by atoms with Gasteiger partial charge in [-0.2, -0.15) is 0 Å². The zero-order valence-electron chi connectivity index (χ0n) is 61.3. The molecule has 3 saturated heterocycles. The maximum absolute atomic E-state index is 13.1. The minimum atomic E-state index is -0.693. The van der Waals surface area contributed by atoms with Crippen LogP contribution in [0.1, 0.15) is 153 Å². The summed E-state index contributed by atoms with van der Waals surface area (Å²) in [7, 11) is 13.4. The normalized spacial score (nSPS) is 16.6. The van der Waals surface area contributed by atoms with Gasteiger partial charge in [0.25, 0.3) is 11.8 Å². The second-order valence-electron chi connectivity index (χ2n) is 27.8. The van der Waals surface area contributed by atoms with Crippen molar-refractivity contribution in [1.82, 2.24) is 57.6 Å². The number of nitrogens with one attached hydrogen (secondary N) is 2. The molecule has 3 atom stereocenters. The monoisotopic (exact) mass is 1430 g/mol. The van der Waals surface area contributed by atoms with Crippen molar-refractivity contribution in [3.05, 3.63) is 103 Å². The number of likely N-dealkylation sites (tertiary alicyclic amines) is 2. The number of aromatic nitrogens is 6. The van der Waals surface area contributed by atoms with Gasteiger partial charge >= 0.3 is 29.3 Å². The summed E-state index contributed by atoms with van der Waals surface area (Å²) in [5.41, 5.74) is 5.85. The number of amides is 8. The first-order chi connectivity index (χ1) is 47.4. The Labute approximate surface area is 595 Å². The molecule has 3 aliphatic heterocycles. The van der Waals surface area contributed by atoms with Gasteiger partial charge in [-0.1, -0.05) is 36.4 Å². The van der Waals surface area contributed by atoms with E-state index in [2.05, 4.69) is 10.6 Å². The Hall–Kier alpha value is -8.44. The van der Waals surface area contributed by atoms with Gasteiger partial charge in [0.15, 0.2) is 0 Å².